The number of nitrogens with one attached hydrogen (secondary N) is 1. The van der Waals surface area contributed by atoms with Gasteiger partial charge in [0.15, 0.2) is 0 Å². The number of hydrogen-bond acceptors (Lipinski definition) is 4. The highest BCUT2D eigenvalue weighted by Crippen LogP contribution is 2.30. The van der Waals surface area contributed by atoms with Gasteiger partial charge in [-0.3, -0.25) is 14.5 Å². The molecular weight excluding hydrogens is 505 g/mol. The highest BCUT2D eigenvalue weighted by molar-refractivity contribution is 14.1. The summed E-state index contributed by atoms with van der Waals surface area (Å²) in [6, 6.07) is 11.9. The van der Waals surface area contributed by atoms with Gasteiger partial charge in [0.25, 0.3) is 11.8 Å². The molecule has 1 N–H and O–H groups in total. The fraction of sp³-hybridized carbons (Fsp3) is 0.333. The second kappa shape index (κ2) is 8.99. The second-order valence-electron chi connectivity index (χ2n) is 7.06. The molecule has 0 bridgehead atoms. The molecule has 0 spiro atoms. The van der Waals surface area contributed by atoms with Gasteiger partial charge in [0.05, 0.1) is 24.5 Å². The van der Waals surface area contributed by atoms with Gasteiger partial charge in [0.1, 0.15) is 6.04 Å². The lowest BCUT2D eigenvalue weighted by atomic mass is 10.1. The third-order valence-corrected chi connectivity index (χ3v) is 6.15. The summed E-state index contributed by atoms with van der Waals surface area (Å²) >= 11 is 8.18. The van der Waals surface area contributed by atoms with Crippen LogP contribution in [0.5, 0.6) is 0 Å². The Hall–Kier alpha value is -1.68. The number of halogens is 2. The number of carbonyl (C=O) groups is 2. The van der Waals surface area contributed by atoms with Crippen molar-refractivity contribution in [3.8, 4) is 0 Å². The number of carbonyl (C=O) groups excluding carboxylic acids is 2. The molecule has 1 saturated heterocycles. The molecule has 8 heteroatoms. The molecule has 0 aliphatic carbocycles. The van der Waals surface area contributed by atoms with E-state index in [4.69, 9.17) is 16.3 Å². The van der Waals surface area contributed by atoms with Gasteiger partial charge in [-0.05, 0) is 58.5 Å². The summed E-state index contributed by atoms with van der Waals surface area (Å²) in [6.07, 6.45) is 0. The summed E-state index contributed by atoms with van der Waals surface area (Å²) in [5, 5.41) is 3.49. The highest BCUT2D eigenvalue weighted by Gasteiger charge is 2.35. The summed E-state index contributed by atoms with van der Waals surface area (Å²) < 4.78 is 6.36. The first kappa shape index (κ1) is 20.6. The maximum absolute atomic E-state index is 13.5. The Morgan fingerprint density at radius 2 is 1.79 bits per heavy atom. The number of rotatable bonds is 4. The number of benzene rings is 2. The Labute approximate surface area is 188 Å². The van der Waals surface area contributed by atoms with Gasteiger partial charge in [0.2, 0.25) is 0 Å². The van der Waals surface area contributed by atoms with E-state index in [1.54, 1.807) is 29.2 Å². The number of nitrogens with zero attached hydrogens (tertiary/aromatic N) is 2. The molecule has 0 aromatic heterocycles. The SMILES string of the molecule is O=C1N[C@@H](c2ccc(Cl)cc2)C(=O)N(CCN2CCOCC2)c2ccc(I)cc21. The van der Waals surface area contributed by atoms with Crippen molar-refractivity contribution >= 4 is 51.7 Å². The van der Waals surface area contributed by atoms with Crippen molar-refractivity contribution < 1.29 is 14.3 Å². The number of ether oxygens (including phenoxy) is 1. The Balaban J connectivity index is 1.67. The fourth-order valence-corrected chi connectivity index (χ4v) is 4.27. The zero-order valence-electron chi connectivity index (χ0n) is 15.7. The van der Waals surface area contributed by atoms with Gasteiger partial charge in [-0.25, -0.2) is 0 Å². The Kier molecular flexibility index (Phi) is 6.38. The van der Waals surface area contributed by atoms with E-state index in [1.165, 1.54) is 0 Å². The molecule has 1 atom stereocenters. The van der Waals surface area contributed by atoms with Gasteiger partial charge in [0, 0.05) is 34.8 Å². The Morgan fingerprint density at radius 1 is 1.07 bits per heavy atom. The maximum Gasteiger partial charge on any atom is 0.254 e. The smallest absolute Gasteiger partial charge is 0.254 e. The van der Waals surface area contributed by atoms with Gasteiger partial charge >= 0.3 is 0 Å². The molecule has 2 aliphatic rings. The van der Waals surface area contributed by atoms with Crippen LogP contribution >= 0.6 is 34.2 Å². The first-order valence-electron chi connectivity index (χ1n) is 9.50. The third kappa shape index (κ3) is 4.58. The van der Waals surface area contributed by atoms with E-state index < -0.39 is 6.04 Å². The van der Waals surface area contributed by atoms with Crippen LogP contribution < -0.4 is 10.2 Å². The van der Waals surface area contributed by atoms with E-state index in [9.17, 15) is 9.59 Å². The molecule has 2 aromatic carbocycles. The second-order valence-corrected chi connectivity index (χ2v) is 8.75. The minimum atomic E-state index is -0.755. The average molecular weight is 526 g/mol. The molecule has 2 amide bonds. The van der Waals surface area contributed by atoms with E-state index in [0.717, 1.165) is 23.2 Å². The van der Waals surface area contributed by atoms with Gasteiger partial charge in [-0.2, -0.15) is 0 Å². The number of hydrogen-bond donors (Lipinski definition) is 1. The van der Waals surface area contributed by atoms with Crippen molar-refractivity contribution in [3.63, 3.8) is 0 Å². The van der Waals surface area contributed by atoms with Crippen LogP contribution in [0.25, 0.3) is 0 Å². The van der Waals surface area contributed by atoms with Crippen LogP contribution in [0.4, 0.5) is 5.69 Å². The van der Waals surface area contributed by atoms with Crippen molar-refractivity contribution in [2.75, 3.05) is 44.3 Å². The minimum Gasteiger partial charge on any atom is -0.379 e. The summed E-state index contributed by atoms with van der Waals surface area (Å²) in [5.41, 5.74) is 1.88. The summed E-state index contributed by atoms with van der Waals surface area (Å²) in [5.74, 6) is -0.394. The first-order chi connectivity index (χ1) is 14.0. The quantitative estimate of drug-likeness (QED) is 0.624. The number of amides is 2. The van der Waals surface area contributed by atoms with Crippen molar-refractivity contribution in [1.82, 2.24) is 10.2 Å². The van der Waals surface area contributed by atoms with E-state index in [1.807, 2.05) is 18.2 Å². The van der Waals surface area contributed by atoms with E-state index in [0.29, 0.717) is 41.6 Å². The molecule has 0 radical (unpaired) electrons. The third-order valence-electron chi connectivity index (χ3n) is 5.23. The number of fused-ring (bicyclic) bond motifs is 1. The standard InChI is InChI=1S/C21H21ClIN3O3/c22-15-3-1-14(2-4-15)19-21(28)26(8-7-25-9-11-29-12-10-25)18-6-5-16(23)13-17(18)20(27)24-19/h1-6,13,19H,7-12H2,(H,24,27)/t19-/m0/s1. The van der Waals surface area contributed by atoms with Crippen LogP contribution in [0.3, 0.4) is 0 Å². The van der Waals surface area contributed by atoms with Crippen molar-refractivity contribution in [2.24, 2.45) is 0 Å². The van der Waals surface area contributed by atoms with E-state index in [2.05, 4.69) is 32.8 Å². The van der Waals surface area contributed by atoms with Crippen LogP contribution in [-0.4, -0.2) is 56.1 Å². The summed E-state index contributed by atoms with van der Waals surface area (Å²) in [4.78, 5) is 30.5. The molecule has 6 nitrogen and oxygen atoms in total. The van der Waals surface area contributed by atoms with Crippen LogP contribution in [0.1, 0.15) is 22.0 Å². The Morgan fingerprint density at radius 3 is 2.52 bits per heavy atom. The number of anilines is 1. The van der Waals surface area contributed by atoms with Crippen LogP contribution in [0.2, 0.25) is 5.02 Å². The van der Waals surface area contributed by atoms with Crippen molar-refractivity contribution in [1.29, 1.82) is 0 Å². The van der Waals surface area contributed by atoms with Gasteiger partial charge < -0.3 is 15.0 Å². The largest absolute Gasteiger partial charge is 0.379 e. The molecule has 1 fully saturated rings. The fourth-order valence-electron chi connectivity index (χ4n) is 3.65. The monoisotopic (exact) mass is 525 g/mol. The van der Waals surface area contributed by atoms with Gasteiger partial charge in [-0.1, -0.05) is 23.7 Å². The van der Waals surface area contributed by atoms with Gasteiger partial charge in [-0.15, -0.1) is 0 Å². The molecule has 29 heavy (non-hydrogen) atoms. The van der Waals surface area contributed by atoms with Crippen LogP contribution in [-0.2, 0) is 9.53 Å². The van der Waals surface area contributed by atoms with Crippen molar-refractivity contribution in [3.05, 3.63) is 62.2 Å². The number of morpholine rings is 1. The predicted octanol–water partition coefficient (Wildman–Crippen LogP) is 3.09. The van der Waals surface area contributed by atoms with Crippen molar-refractivity contribution in [2.45, 2.75) is 6.04 Å². The van der Waals surface area contributed by atoms with E-state index in [-0.39, 0.29) is 11.8 Å². The highest BCUT2D eigenvalue weighted by atomic mass is 127. The minimum absolute atomic E-state index is 0.145. The lowest BCUT2D eigenvalue weighted by Crippen LogP contribution is -2.45. The van der Waals surface area contributed by atoms with Crippen LogP contribution in [0, 0.1) is 3.57 Å². The predicted molar refractivity (Wildman–Crippen MR) is 120 cm³/mol. The maximum atomic E-state index is 13.5. The molecule has 2 heterocycles. The summed E-state index contributed by atoms with van der Waals surface area (Å²) in [6.45, 7) is 4.33. The first-order valence-corrected chi connectivity index (χ1v) is 11.0. The molecular formula is C21H21ClIN3O3. The Bertz CT molecular complexity index is 916. The topological polar surface area (TPSA) is 61.9 Å². The molecule has 4 rings (SSSR count). The normalized spacial score (nSPS) is 20.2. The zero-order chi connectivity index (χ0) is 20.4. The molecule has 152 valence electrons. The van der Waals surface area contributed by atoms with E-state index >= 15 is 0 Å². The molecule has 0 unspecified atom stereocenters. The lowest BCUT2D eigenvalue weighted by molar-refractivity contribution is -0.120. The molecule has 0 saturated carbocycles. The summed E-state index contributed by atoms with van der Waals surface area (Å²) in [7, 11) is 0. The zero-order valence-corrected chi connectivity index (χ0v) is 18.6. The van der Waals surface area contributed by atoms with Crippen LogP contribution in [0.15, 0.2) is 42.5 Å². The lowest BCUT2D eigenvalue weighted by Gasteiger charge is -2.31. The molecule has 2 aromatic rings. The average Bonchev–Trinajstić information content (AvgIpc) is 2.83. The molecule has 2 aliphatic heterocycles.